The van der Waals surface area contributed by atoms with Crippen molar-refractivity contribution in [3.8, 4) is 11.6 Å². The van der Waals surface area contributed by atoms with Gasteiger partial charge in [0.2, 0.25) is 5.95 Å². The van der Waals surface area contributed by atoms with Gasteiger partial charge in [-0.05, 0) is 36.6 Å². The van der Waals surface area contributed by atoms with Gasteiger partial charge < -0.3 is 5.32 Å². The number of H-pyrrole nitrogens is 1. The van der Waals surface area contributed by atoms with Gasteiger partial charge in [0, 0.05) is 11.1 Å². The van der Waals surface area contributed by atoms with Crippen LogP contribution in [0.4, 0.5) is 5.82 Å². The Bertz CT molecular complexity index is 1480. The van der Waals surface area contributed by atoms with Crippen LogP contribution in [0.5, 0.6) is 0 Å². The number of hydrogen-bond acceptors (Lipinski definition) is 6. The Morgan fingerprint density at radius 2 is 2.06 bits per heavy atom. The lowest BCUT2D eigenvalue weighted by molar-refractivity contribution is 0.103. The van der Waals surface area contributed by atoms with E-state index in [0.717, 1.165) is 0 Å². The van der Waals surface area contributed by atoms with Crippen molar-refractivity contribution in [2.75, 3.05) is 5.32 Å². The summed E-state index contributed by atoms with van der Waals surface area (Å²) in [4.78, 5) is 33.1. The number of anilines is 1. The monoisotopic (exact) mass is 451 g/mol. The lowest BCUT2D eigenvalue weighted by Crippen LogP contribution is -2.18. The molecule has 0 atom stereocenters. The van der Waals surface area contributed by atoms with Gasteiger partial charge in [0.1, 0.15) is 11.2 Å². The molecule has 0 spiro atoms. The van der Waals surface area contributed by atoms with Crippen LogP contribution in [0.25, 0.3) is 22.7 Å². The number of thiophene rings is 1. The number of amides is 1. The number of nitrogens with one attached hydrogen (secondary N) is 2. The molecule has 9 nitrogen and oxygen atoms in total. The summed E-state index contributed by atoms with van der Waals surface area (Å²) in [7, 11) is 0. The maximum absolute atomic E-state index is 12.7. The molecule has 4 heterocycles. The Kier molecular flexibility index (Phi) is 4.64. The zero-order valence-electron chi connectivity index (χ0n) is 16.0. The fourth-order valence-electron chi connectivity index (χ4n) is 3.14. The number of rotatable bonds is 4. The largest absolute Gasteiger partial charge is 0.306 e. The Labute approximate surface area is 183 Å². The third-order valence-corrected chi connectivity index (χ3v) is 5.60. The molecule has 0 fully saturated rings. The molecule has 0 radical (unpaired) electrons. The second-order valence-corrected chi connectivity index (χ2v) is 8.06. The van der Waals surface area contributed by atoms with Gasteiger partial charge in [0.15, 0.2) is 5.65 Å². The van der Waals surface area contributed by atoms with Crippen LogP contribution in [0.15, 0.2) is 58.8 Å². The SMILES string of the molecule is Cc1cc(NC(=O)c2cccs2)n(-c2nc3c(cnn3-c3cccc(Cl)c3)c(=O)[nH]2)n1. The molecule has 0 unspecified atom stereocenters. The summed E-state index contributed by atoms with van der Waals surface area (Å²) in [5.41, 5.74) is 1.27. The molecule has 1 amide bonds. The van der Waals surface area contributed by atoms with E-state index in [1.165, 1.54) is 26.9 Å². The molecule has 0 aliphatic rings. The van der Waals surface area contributed by atoms with Crippen molar-refractivity contribution in [2.45, 2.75) is 6.92 Å². The highest BCUT2D eigenvalue weighted by Crippen LogP contribution is 2.20. The molecule has 5 rings (SSSR count). The standard InChI is InChI=1S/C20H14ClN7O2S/c1-11-8-16(23-19(30)15-6-3-7-31-15)28(26-11)20-24-17-14(18(29)25-20)10-22-27(17)13-5-2-4-12(21)9-13/h2-10H,1H3,(H,23,30)(H,24,25,29). The van der Waals surface area contributed by atoms with E-state index in [9.17, 15) is 9.59 Å². The van der Waals surface area contributed by atoms with E-state index >= 15 is 0 Å². The van der Waals surface area contributed by atoms with Gasteiger partial charge in [-0.15, -0.1) is 11.3 Å². The van der Waals surface area contributed by atoms with Crippen LogP contribution >= 0.6 is 22.9 Å². The molecule has 0 aliphatic heterocycles. The van der Waals surface area contributed by atoms with E-state index in [4.69, 9.17) is 11.6 Å². The van der Waals surface area contributed by atoms with Crippen molar-refractivity contribution >= 4 is 45.7 Å². The Morgan fingerprint density at radius 1 is 1.19 bits per heavy atom. The van der Waals surface area contributed by atoms with Crippen LogP contribution in [-0.2, 0) is 0 Å². The number of carbonyl (C=O) groups is 1. The van der Waals surface area contributed by atoms with E-state index < -0.39 is 0 Å². The van der Waals surface area contributed by atoms with Gasteiger partial charge >= 0.3 is 0 Å². The van der Waals surface area contributed by atoms with Gasteiger partial charge in [-0.25, -0.2) is 4.68 Å². The lowest BCUT2D eigenvalue weighted by Gasteiger charge is -2.08. The Hall–Kier alpha value is -3.76. The molecule has 1 aromatic carbocycles. The summed E-state index contributed by atoms with van der Waals surface area (Å²) in [6.45, 7) is 1.78. The fourth-order valence-corrected chi connectivity index (χ4v) is 3.94. The van der Waals surface area contributed by atoms with Crippen LogP contribution in [0.3, 0.4) is 0 Å². The minimum atomic E-state index is -0.378. The van der Waals surface area contributed by atoms with Gasteiger partial charge in [-0.1, -0.05) is 23.7 Å². The van der Waals surface area contributed by atoms with Gasteiger partial charge in [-0.2, -0.15) is 19.9 Å². The van der Waals surface area contributed by atoms with Crippen molar-refractivity contribution in [3.63, 3.8) is 0 Å². The maximum Gasteiger partial charge on any atom is 0.266 e. The normalized spacial score (nSPS) is 11.2. The average molecular weight is 452 g/mol. The molecule has 4 aromatic heterocycles. The topological polar surface area (TPSA) is 110 Å². The number of aromatic nitrogens is 6. The molecular weight excluding hydrogens is 438 g/mol. The lowest BCUT2D eigenvalue weighted by atomic mass is 10.3. The van der Waals surface area contributed by atoms with Crippen LogP contribution in [0, 0.1) is 6.92 Å². The van der Waals surface area contributed by atoms with Crippen molar-refractivity contribution in [2.24, 2.45) is 0 Å². The first-order valence-electron chi connectivity index (χ1n) is 9.15. The zero-order chi connectivity index (χ0) is 21.5. The summed E-state index contributed by atoms with van der Waals surface area (Å²) >= 11 is 7.43. The van der Waals surface area contributed by atoms with Gasteiger partial charge in [0.25, 0.3) is 11.5 Å². The summed E-state index contributed by atoms with van der Waals surface area (Å²) in [6, 6.07) is 12.3. The number of aromatic amines is 1. The van der Waals surface area contributed by atoms with Crippen LogP contribution < -0.4 is 10.9 Å². The molecular formula is C20H14ClN7O2S. The van der Waals surface area contributed by atoms with Crippen molar-refractivity contribution in [1.82, 2.24) is 29.5 Å². The van der Waals surface area contributed by atoms with Crippen molar-refractivity contribution in [3.05, 3.63) is 80.0 Å². The predicted octanol–water partition coefficient (Wildman–Crippen LogP) is 3.57. The number of aryl methyl sites for hydroxylation is 1. The number of carbonyl (C=O) groups excluding carboxylic acids is 1. The highest BCUT2D eigenvalue weighted by atomic mass is 35.5. The zero-order valence-corrected chi connectivity index (χ0v) is 17.6. The van der Waals surface area contributed by atoms with E-state index in [2.05, 4.69) is 25.5 Å². The predicted molar refractivity (Wildman–Crippen MR) is 119 cm³/mol. The number of fused-ring (bicyclic) bond motifs is 1. The first kappa shape index (κ1) is 19.2. The number of hydrogen-bond donors (Lipinski definition) is 2. The first-order valence-corrected chi connectivity index (χ1v) is 10.4. The second kappa shape index (κ2) is 7.49. The van der Waals surface area contributed by atoms with Crippen LogP contribution in [-0.4, -0.2) is 35.4 Å². The molecule has 11 heteroatoms. The third-order valence-electron chi connectivity index (χ3n) is 4.50. The third kappa shape index (κ3) is 3.51. The summed E-state index contributed by atoms with van der Waals surface area (Å²) in [5, 5.41) is 14.2. The number of benzene rings is 1. The summed E-state index contributed by atoms with van der Waals surface area (Å²) < 4.78 is 2.91. The highest BCUT2D eigenvalue weighted by Gasteiger charge is 2.17. The molecule has 0 saturated carbocycles. The molecule has 0 bridgehead atoms. The summed E-state index contributed by atoms with van der Waals surface area (Å²) in [6.07, 6.45) is 1.44. The molecule has 5 aromatic rings. The minimum Gasteiger partial charge on any atom is -0.306 e. The minimum absolute atomic E-state index is 0.149. The van der Waals surface area contributed by atoms with Crippen LogP contribution in [0.2, 0.25) is 5.02 Å². The van der Waals surface area contributed by atoms with Gasteiger partial charge in [-0.3, -0.25) is 14.6 Å². The Balaban J connectivity index is 1.62. The van der Waals surface area contributed by atoms with Gasteiger partial charge in [0.05, 0.1) is 22.5 Å². The maximum atomic E-state index is 12.7. The smallest absolute Gasteiger partial charge is 0.266 e. The van der Waals surface area contributed by atoms with E-state index in [1.54, 1.807) is 43.3 Å². The van der Waals surface area contributed by atoms with Crippen molar-refractivity contribution < 1.29 is 4.79 Å². The number of nitrogens with zero attached hydrogens (tertiary/aromatic N) is 5. The molecule has 0 aliphatic carbocycles. The van der Waals surface area contributed by atoms with E-state index in [-0.39, 0.29) is 17.4 Å². The van der Waals surface area contributed by atoms with Crippen molar-refractivity contribution in [1.29, 1.82) is 0 Å². The van der Waals surface area contributed by atoms with E-state index in [0.29, 0.717) is 38.1 Å². The fraction of sp³-hybridized carbons (Fsp3) is 0.0500. The quantitative estimate of drug-likeness (QED) is 0.434. The Morgan fingerprint density at radius 3 is 2.84 bits per heavy atom. The molecule has 31 heavy (non-hydrogen) atoms. The van der Waals surface area contributed by atoms with Crippen LogP contribution in [0.1, 0.15) is 15.4 Å². The second-order valence-electron chi connectivity index (χ2n) is 6.68. The molecule has 2 N–H and O–H groups in total. The number of halogens is 1. The summed E-state index contributed by atoms with van der Waals surface area (Å²) in [5.74, 6) is 0.256. The molecule has 154 valence electrons. The van der Waals surface area contributed by atoms with E-state index in [1.807, 2.05) is 11.4 Å². The molecule has 0 saturated heterocycles. The first-order chi connectivity index (χ1) is 15.0. The average Bonchev–Trinajstić information content (AvgIpc) is 3.47. The highest BCUT2D eigenvalue weighted by molar-refractivity contribution is 7.12.